The third-order valence-corrected chi connectivity index (χ3v) is 6.76. The van der Waals surface area contributed by atoms with Crippen molar-refractivity contribution in [2.24, 2.45) is 0 Å². The van der Waals surface area contributed by atoms with Gasteiger partial charge in [0.25, 0.3) is 0 Å². The number of rotatable bonds is 6. The van der Waals surface area contributed by atoms with E-state index in [1.807, 2.05) is 30.3 Å². The van der Waals surface area contributed by atoms with Crippen LogP contribution in [0.3, 0.4) is 0 Å². The minimum atomic E-state index is -0.0800. The number of carbonyl (C=O) groups is 1. The Balaban J connectivity index is 1.38. The minimum Gasteiger partial charge on any atom is -0.300 e. The molecule has 1 N–H and O–H groups in total. The maximum Gasteiger partial charge on any atom is 0.230 e. The summed E-state index contributed by atoms with van der Waals surface area (Å²) in [4.78, 5) is 12.5. The average molecular weight is 420 g/mol. The number of benzene rings is 3. The van der Waals surface area contributed by atoms with Gasteiger partial charge >= 0.3 is 0 Å². The summed E-state index contributed by atoms with van der Waals surface area (Å²) in [6.07, 6.45) is 0.311. The molecule has 0 atom stereocenters. The second-order valence-electron chi connectivity index (χ2n) is 6.95. The third kappa shape index (κ3) is 4.83. The second kappa shape index (κ2) is 8.76. The van der Waals surface area contributed by atoms with E-state index in [2.05, 4.69) is 59.7 Å². The molecule has 4 nitrogen and oxygen atoms in total. The Bertz CT molecular complexity index is 1160. The van der Waals surface area contributed by atoms with Gasteiger partial charge in [0.2, 0.25) is 11.0 Å². The molecule has 4 rings (SSSR count). The Morgan fingerprint density at radius 1 is 1.00 bits per heavy atom. The summed E-state index contributed by atoms with van der Waals surface area (Å²) in [5.41, 5.74) is 4.84. The Hall–Kier alpha value is -2.70. The van der Waals surface area contributed by atoms with Crippen LogP contribution in [0.15, 0.2) is 65.0 Å². The average Bonchev–Trinajstić information content (AvgIpc) is 3.16. The van der Waals surface area contributed by atoms with Crippen LogP contribution in [0.4, 0.5) is 5.13 Å². The van der Waals surface area contributed by atoms with Crippen LogP contribution in [0.1, 0.15) is 22.3 Å². The van der Waals surface area contributed by atoms with Crippen LogP contribution in [-0.2, 0) is 17.0 Å². The Morgan fingerprint density at radius 2 is 1.83 bits per heavy atom. The van der Waals surface area contributed by atoms with E-state index in [0.29, 0.717) is 11.6 Å². The zero-order valence-electron chi connectivity index (χ0n) is 16.3. The van der Waals surface area contributed by atoms with E-state index in [0.717, 1.165) is 26.4 Å². The number of carbonyl (C=O) groups excluding carboxylic acids is 1. The van der Waals surface area contributed by atoms with Crippen molar-refractivity contribution < 1.29 is 4.79 Å². The number of hydrogen-bond donors (Lipinski definition) is 1. The lowest BCUT2D eigenvalue weighted by molar-refractivity contribution is -0.115. The number of nitrogens with zero attached hydrogens (tertiary/aromatic N) is 2. The maximum atomic E-state index is 12.5. The summed E-state index contributed by atoms with van der Waals surface area (Å²) in [6, 6.07) is 20.6. The highest BCUT2D eigenvalue weighted by Gasteiger charge is 2.11. The first-order valence-corrected chi connectivity index (χ1v) is 11.2. The van der Waals surface area contributed by atoms with E-state index >= 15 is 0 Å². The van der Waals surface area contributed by atoms with Gasteiger partial charge in [0, 0.05) is 5.75 Å². The maximum absolute atomic E-state index is 12.5. The quantitative estimate of drug-likeness (QED) is 0.318. The van der Waals surface area contributed by atoms with Crippen molar-refractivity contribution in [3.63, 3.8) is 0 Å². The van der Waals surface area contributed by atoms with Crippen LogP contribution in [0.25, 0.3) is 10.8 Å². The van der Waals surface area contributed by atoms with Gasteiger partial charge in [-0.15, -0.1) is 10.2 Å². The SMILES string of the molecule is Cc1ccc(C)c(CSc2nnc(NC(=O)Cc3cccc4ccccc34)s2)c1. The van der Waals surface area contributed by atoms with Gasteiger partial charge in [0.05, 0.1) is 6.42 Å². The predicted octanol–water partition coefficient (Wildman–Crippen LogP) is 5.78. The summed E-state index contributed by atoms with van der Waals surface area (Å²) >= 11 is 3.06. The number of nitrogens with one attached hydrogen (secondary N) is 1. The van der Waals surface area contributed by atoms with Gasteiger partial charge in [0.1, 0.15) is 0 Å². The minimum absolute atomic E-state index is 0.0800. The second-order valence-corrected chi connectivity index (χ2v) is 9.15. The van der Waals surface area contributed by atoms with E-state index in [1.165, 1.54) is 28.0 Å². The van der Waals surface area contributed by atoms with Crippen LogP contribution in [0.2, 0.25) is 0 Å². The summed E-state index contributed by atoms with van der Waals surface area (Å²) in [5.74, 6) is 0.759. The van der Waals surface area contributed by atoms with E-state index in [-0.39, 0.29) is 5.91 Å². The Morgan fingerprint density at radius 3 is 2.72 bits per heavy atom. The van der Waals surface area contributed by atoms with Crippen LogP contribution in [0.5, 0.6) is 0 Å². The summed E-state index contributed by atoms with van der Waals surface area (Å²) in [7, 11) is 0. The first-order valence-electron chi connectivity index (χ1n) is 9.37. The van der Waals surface area contributed by atoms with Gasteiger partial charge in [-0.1, -0.05) is 89.3 Å². The monoisotopic (exact) mass is 419 g/mol. The van der Waals surface area contributed by atoms with E-state index in [1.54, 1.807) is 11.8 Å². The number of thioether (sulfide) groups is 1. The molecule has 0 saturated carbocycles. The molecular weight excluding hydrogens is 398 g/mol. The number of aryl methyl sites for hydroxylation is 2. The summed E-state index contributed by atoms with van der Waals surface area (Å²) in [6.45, 7) is 4.22. The molecule has 0 fully saturated rings. The van der Waals surface area contributed by atoms with E-state index in [4.69, 9.17) is 0 Å². The number of hydrogen-bond acceptors (Lipinski definition) is 5. The van der Waals surface area contributed by atoms with Crippen molar-refractivity contribution in [3.8, 4) is 0 Å². The zero-order valence-corrected chi connectivity index (χ0v) is 17.9. The molecule has 1 aromatic heterocycles. The summed E-state index contributed by atoms with van der Waals surface area (Å²) in [5, 5.41) is 14.0. The third-order valence-electron chi connectivity index (χ3n) is 4.74. The van der Waals surface area contributed by atoms with Gasteiger partial charge < -0.3 is 5.32 Å². The molecule has 0 aliphatic heterocycles. The molecular formula is C23H21N3OS2. The molecule has 0 spiro atoms. The fraction of sp³-hybridized carbons (Fsp3) is 0.174. The largest absolute Gasteiger partial charge is 0.300 e. The number of amides is 1. The molecule has 0 saturated heterocycles. The Labute approximate surface area is 178 Å². The molecule has 0 aliphatic carbocycles. The lowest BCUT2D eigenvalue weighted by atomic mass is 10.0. The number of aromatic nitrogens is 2. The van der Waals surface area contributed by atoms with Crippen LogP contribution < -0.4 is 5.32 Å². The summed E-state index contributed by atoms with van der Waals surface area (Å²) < 4.78 is 0.853. The number of anilines is 1. The van der Waals surface area contributed by atoms with Crippen molar-refractivity contribution >= 4 is 44.9 Å². The van der Waals surface area contributed by atoms with Crippen molar-refractivity contribution in [1.29, 1.82) is 0 Å². The zero-order chi connectivity index (χ0) is 20.2. The molecule has 6 heteroatoms. The molecule has 3 aromatic carbocycles. The van der Waals surface area contributed by atoms with Gasteiger partial charge in [-0.25, -0.2) is 0 Å². The Kier molecular flexibility index (Phi) is 5.92. The molecule has 1 amide bonds. The van der Waals surface area contributed by atoms with Crippen molar-refractivity contribution in [3.05, 3.63) is 82.9 Å². The molecule has 0 bridgehead atoms. The van der Waals surface area contributed by atoms with Crippen LogP contribution in [0, 0.1) is 13.8 Å². The predicted molar refractivity (Wildman–Crippen MR) is 122 cm³/mol. The standard InChI is InChI=1S/C23H21N3OS2/c1-15-10-11-16(2)19(12-15)14-28-23-26-25-22(29-23)24-21(27)13-18-8-5-7-17-6-3-4-9-20(17)18/h3-12H,13-14H2,1-2H3,(H,24,25,27). The van der Waals surface area contributed by atoms with Crippen molar-refractivity contribution in [1.82, 2.24) is 10.2 Å². The highest BCUT2D eigenvalue weighted by molar-refractivity contribution is 8.00. The lowest BCUT2D eigenvalue weighted by Gasteiger charge is -2.06. The smallest absolute Gasteiger partial charge is 0.230 e. The molecule has 1 heterocycles. The van der Waals surface area contributed by atoms with Crippen LogP contribution >= 0.6 is 23.1 Å². The molecule has 0 radical (unpaired) electrons. The van der Waals surface area contributed by atoms with Crippen molar-refractivity contribution in [2.75, 3.05) is 5.32 Å². The lowest BCUT2D eigenvalue weighted by Crippen LogP contribution is -2.14. The normalized spacial score (nSPS) is 11.0. The van der Waals surface area contributed by atoms with Crippen LogP contribution in [-0.4, -0.2) is 16.1 Å². The first-order chi connectivity index (χ1) is 14.1. The van der Waals surface area contributed by atoms with Gasteiger partial charge in [0.15, 0.2) is 4.34 Å². The fourth-order valence-corrected chi connectivity index (χ4v) is 5.03. The van der Waals surface area contributed by atoms with Crippen molar-refractivity contribution in [2.45, 2.75) is 30.4 Å². The molecule has 29 heavy (non-hydrogen) atoms. The molecule has 4 aromatic rings. The molecule has 146 valence electrons. The van der Waals surface area contributed by atoms with Gasteiger partial charge in [-0.2, -0.15) is 0 Å². The highest BCUT2D eigenvalue weighted by atomic mass is 32.2. The fourth-order valence-electron chi connectivity index (χ4n) is 3.20. The molecule has 0 unspecified atom stereocenters. The number of fused-ring (bicyclic) bond motifs is 1. The highest BCUT2D eigenvalue weighted by Crippen LogP contribution is 2.29. The molecule has 0 aliphatic rings. The first kappa shape index (κ1) is 19.6. The van der Waals surface area contributed by atoms with E-state index in [9.17, 15) is 4.79 Å². The topological polar surface area (TPSA) is 54.9 Å². The van der Waals surface area contributed by atoms with E-state index < -0.39 is 0 Å². The van der Waals surface area contributed by atoms with Gasteiger partial charge in [-0.05, 0) is 41.3 Å². The van der Waals surface area contributed by atoms with Gasteiger partial charge in [-0.3, -0.25) is 4.79 Å².